The topological polar surface area (TPSA) is 86.0 Å². The maximum absolute atomic E-state index is 6.17. The Morgan fingerprint density at radius 2 is 1.89 bits per heavy atom. The van der Waals surface area contributed by atoms with Gasteiger partial charge in [-0.05, 0) is 24.3 Å². The van der Waals surface area contributed by atoms with Crippen LogP contribution in [-0.2, 0) is 5.75 Å². The highest BCUT2D eigenvalue weighted by atomic mass is 35.5. The monoisotopic (exact) mass is 431 g/mol. The van der Waals surface area contributed by atoms with E-state index in [0.717, 1.165) is 15.8 Å². The Kier molecular flexibility index (Phi) is 5.75. The molecule has 28 heavy (non-hydrogen) atoms. The summed E-state index contributed by atoms with van der Waals surface area (Å²) in [5, 5.41) is 20.9. The Hall–Kier alpha value is -2.62. The first-order valence-corrected chi connectivity index (χ1v) is 10.3. The molecule has 0 unspecified atom stereocenters. The molecule has 2 aromatic heterocycles. The quantitative estimate of drug-likeness (QED) is 0.395. The van der Waals surface area contributed by atoms with Crippen LogP contribution < -0.4 is 10.1 Å². The lowest BCUT2D eigenvalue weighted by atomic mass is 10.2. The van der Waals surface area contributed by atoms with E-state index in [1.807, 2.05) is 42.5 Å². The van der Waals surface area contributed by atoms with Crippen LogP contribution in [-0.4, -0.2) is 27.5 Å². The van der Waals surface area contributed by atoms with E-state index in [1.165, 1.54) is 23.1 Å². The van der Waals surface area contributed by atoms with Gasteiger partial charge in [0.05, 0.1) is 29.1 Å². The lowest BCUT2D eigenvalue weighted by Gasteiger charge is -2.07. The maximum Gasteiger partial charge on any atom is 0.249 e. The third-order valence-electron chi connectivity index (χ3n) is 3.65. The number of ether oxygens (including phenoxy) is 1. The van der Waals surface area contributed by atoms with Crippen molar-refractivity contribution in [3.05, 3.63) is 59.4 Å². The van der Waals surface area contributed by atoms with Crippen molar-refractivity contribution in [2.45, 2.75) is 10.1 Å². The lowest BCUT2D eigenvalue weighted by molar-refractivity contribution is 0.417. The summed E-state index contributed by atoms with van der Waals surface area (Å²) in [6.45, 7) is 0. The molecule has 0 aliphatic heterocycles. The van der Waals surface area contributed by atoms with E-state index in [1.54, 1.807) is 13.2 Å². The zero-order chi connectivity index (χ0) is 19.3. The fourth-order valence-corrected chi connectivity index (χ4v) is 4.18. The molecule has 142 valence electrons. The number of thioether (sulfide) groups is 1. The van der Waals surface area contributed by atoms with Crippen LogP contribution in [0.5, 0.6) is 5.75 Å². The summed E-state index contributed by atoms with van der Waals surface area (Å²) in [5.74, 6) is 2.12. The highest BCUT2D eigenvalue weighted by molar-refractivity contribution is 8.00. The molecule has 2 heterocycles. The highest BCUT2D eigenvalue weighted by Gasteiger charge is 2.13. The highest BCUT2D eigenvalue weighted by Crippen LogP contribution is 2.33. The lowest BCUT2D eigenvalue weighted by Crippen LogP contribution is -1.93. The van der Waals surface area contributed by atoms with E-state index in [4.69, 9.17) is 20.8 Å². The molecule has 0 amide bonds. The van der Waals surface area contributed by atoms with Gasteiger partial charge in [-0.1, -0.05) is 59.0 Å². The summed E-state index contributed by atoms with van der Waals surface area (Å²) in [6, 6.07) is 15.0. The minimum atomic E-state index is 0.400. The fourth-order valence-electron chi connectivity index (χ4n) is 2.36. The van der Waals surface area contributed by atoms with E-state index in [0.29, 0.717) is 33.3 Å². The summed E-state index contributed by atoms with van der Waals surface area (Å²) in [7, 11) is 1.63. The Bertz CT molecular complexity index is 1090. The van der Waals surface area contributed by atoms with Crippen LogP contribution in [0, 0.1) is 0 Å². The summed E-state index contributed by atoms with van der Waals surface area (Å²) >= 11 is 9.07. The minimum absolute atomic E-state index is 0.400. The molecule has 0 saturated heterocycles. The molecule has 0 aliphatic rings. The molecule has 0 spiro atoms. The number of rotatable bonds is 7. The molecule has 1 N–H and O–H groups in total. The fraction of sp³-hybridized carbons (Fsp3) is 0.111. The van der Waals surface area contributed by atoms with Crippen LogP contribution >= 0.6 is 34.7 Å². The number of halogens is 1. The predicted molar refractivity (Wildman–Crippen MR) is 110 cm³/mol. The van der Waals surface area contributed by atoms with Crippen molar-refractivity contribution in [3.8, 4) is 17.2 Å². The Balaban J connectivity index is 1.39. The van der Waals surface area contributed by atoms with Crippen molar-refractivity contribution in [1.29, 1.82) is 0 Å². The molecule has 0 aliphatic carbocycles. The number of nitrogens with zero attached hydrogens (tertiary/aromatic N) is 4. The van der Waals surface area contributed by atoms with Crippen LogP contribution in [0.15, 0.2) is 57.3 Å². The summed E-state index contributed by atoms with van der Waals surface area (Å²) in [6.07, 6.45) is 0. The van der Waals surface area contributed by atoms with Crippen molar-refractivity contribution in [3.63, 3.8) is 0 Å². The zero-order valence-electron chi connectivity index (χ0n) is 14.6. The van der Waals surface area contributed by atoms with Crippen molar-refractivity contribution in [2.75, 3.05) is 12.4 Å². The molecule has 7 nitrogen and oxygen atoms in total. The first-order valence-electron chi connectivity index (χ1n) is 8.16. The molecule has 2 aromatic carbocycles. The Labute approximate surface area is 174 Å². The van der Waals surface area contributed by atoms with Crippen LogP contribution in [0.3, 0.4) is 0 Å². The van der Waals surface area contributed by atoms with Crippen LogP contribution in [0.2, 0.25) is 5.02 Å². The van der Waals surface area contributed by atoms with Crippen molar-refractivity contribution in [2.24, 2.45) is 0 Å². The molecule has 0 atom stereocenters. The standard InChI is InChI=1S/C18H14ClN5O2S2/c1-25-14-9-5-4-8-13(14)20-17-23-24-18(28-17)27-10-15-21-22-16(26-15)11-6-2-3-7-12(11)19/h2-9H,10H2,1H3,(H,20,23). The van der Waals surface area contributed by atoms with Gasteiger partial charge in [-0.25, -0.2) is 0 Å². The third-order valence-corrected chi connectivity index (χ3v) is 5.93. The Morgan fingerprint density at radius 3 is 2.75 bits per heavy atom. The molecular weight excluding hydrogens is 418 g/mol. The SMILES string of the molecule is COc1ccccc1Nc1nnc(SCc2nnc(-c3ccccc3Cl)o2)s1. The van der Waals surface area contributed by atoms with Gasteiger partial charge in [-0.2, -0.15) is 0 Å². The van der Waals surface area contributed by atoms with Gasteiger partial charge in [0.25, 0.3) is 0 Å². The van der Waals surface area contributed by atoms with Gasteiger partial charge in [0, 0.05) is 0 Å². The summed E-state index contributed by atoms with van der Waals surface area (Å²) in [4.78, 5) is 0. The van der Waals surface area contributed by atoms with Crippen LogP contribution in [0.4, 0.5) is 10.8 Å². The summed E-state index contributed by atoms with van der Waals surface area (Å²) < 4.78 is 11.8. The molecule has 0 saturated carbocycles. The smallest absolute Gasteiger partial charge is 0.249 e. The van der Waals surface area contributed by atoms with E-state index in [9.17, 15) is 0 Å². The maximum atomic E-state index is 6.17. The zero-order valence-corrected chi connectivity index (χ0v) is 17.0. The average molecular weight is 432 g/mol. The van der Waals surface area contributed by atoms with Crippen molar-refractivity contribution in [1.82, 2.24) is 20.4 Å². The van der Waals surface area contributed by atoms with Crippen LogP contribution in [0.1, 0.15) is 5.89 Å². The number of methoxy groups -OCH3 is 1. The molecule has 4 rings (SSSR count). The number of hydrogen-bond acceptors (Lipinski definition) is 9. The van der Waals surface area contributed by atoms with Gasteiger partial charge in [-0.15, -0.1) is 20.4 Å². The number of aromatic nitrogens is 4. The molecular formula is C18H14ClN5O2S2. The molecule has 10 heteroatoms. The van der Waals surface area contributed by atoms with Gasteiger partial charge in [-0.3, -0.25) is 0 Å². The molecule has 4 aromatic rings. The number of hydrogen-bond donors (Lipinski definition) is 1. The van der Waals surface area contributed by atoms with Gasteiger partial charge >= 0.3 is 0 Å². The second kappa shape index (κ2) is 8.59. The van der Waals surface area contributed by atoms with Gasteiger partial charge in [0.1, 0.15) is 5.75 Å². The predicted octanol–water partition coefficient (Wildman–Crippen LogP) is 5.29. The number of para-hydroxylation sites is 2. The number of benzene rings is 2. The van der Waals surface area contributed by atoms with E-state index in [-0.39, 0.29) is 0 Å². The average Bonchev–Trinajstić information content (AvgIpc) is 3.37. The second-order valence-corrected chi connectivity index (χ2v) is 8.08. The third kappa shape index (κ3) is 4.27. The van der Waals surface area contributed by atoms with Gasteiger partial charge in [0.15, 0.2) is 4.34 Å². The van der Waals surface area contributed by atoms with E-state index < -0.39 is 0 Å². The van der Waals surface area contributed by atoms with Gasteiger partial charge < -0.3 is 14.5 Å². The largest absolute Gasteiger partial charge is 0.495 e. The first kappa shape index (κ1) is 18.7. The van der Waals surface area contributed by atoms with Crippen molar-refractivity contribution >= 4 is 45.5 Å². The van der Waals surface area contributed by atoms with E-state index in [2.05, 4.69) is 25.7 Å². The number of anilines is 2. The van der Waals surface area contributed by atoms with Crippen molar-refractivity contribution < 1.29 is 9.15 Å². The minimum Gasteiger partial charge on any atom is -0.495 e. The number of nitrogens with one attached hydrogen (secondary N) is 1. The first-order chi connectivity index (χ1) is 13.7. The molecule has 0 bridgehead atoms. The molecule has 0 fully saturated rings. The van der Waals surface area contributed by atoms with Crippen LogP contribution in [0.25, 0.3) is 11.5 Å². The molecule has 0 radical (unpaired) electrons. The summed E-state index contributed by atoms with van der Waals surface area (Å²) in [5.41, 5.74) is 1.55. The Morgan fingerprint density at radius 1 is 1.07 bits per heavy atom. The second-order valence-electron chi connectivity index (χ2n) is 5.47. The van der Waals surface area contributed by atoms with Gasteiger partial charge in [0.2, 0.25) is 16.9 Å². The normalized spacial score (nSPS) is 10.8. The van der Waals surface area contributed by atoms with E-state index >= 15 is 0 Å².